The second-order valence-corrected chi connectivity index (χ2v) is 12.8. The van der Waals surface area contributed by atoms with Gasteiger partial charge in [-0.25, -0.2) is 0 Å². The van der Waals surface area contributed by atoms with E-state index in [4.69, 9.17) is 30.3 Å². The van der Waals surface area contributed by atoms with Crippen molar-refractivity contribution in [1.29, 1.82) is 10.5 Å². The van der Waals surface area contributed by atoms with E-state index < -0.39 is 31.4 Å². The van der Waals surface area contributed by atoms with Crippen molar-refractivity contribution in [3.05, 3.63) is 97.6 Å². The molecule has 10 nitrogen and oxygen atoms in total. The molecule has 0 bridgehead atoms. The molecular weight excluding hydrogens is 926 g/mol. The van der Waals surface area contributed by atoms with Crippen LogP contribution < -0.4 is 0 Å². The van der Waals surface area contributed by atoms with Gasteiger partial charge in [-0.1, -0.05) is 24.3 Å². The average Bonchev–Trinajstić information content (AvgIpc) is 2.94. The van der Waals surface area contributed by atoms with Crippen LogP contribution >= 0.6 is 0 Å². The van der Waals surface area contributed by atoms with E-state index in [1.807, 2.05) is 72.8 Å². The molecule has 4 rings (SSSR count). The van der Waals surface area contributed by atoms with E-state index >= 15 is 0 Å². The van der Waals surface area contributed by atoms with Crippen molar-refractivity contribution in [2.45, 2.75) is 27.7 Å². The van der Waals surface area contributed by atoms with Crippen molar-refractivity contribution >= 4 is 31.4 Å². The zero-order chi connectivity index (χ0) is 35.4. The van der Waals surface area contributed by atoms with Crippen molar-refractivity contribution in [1.82, 2.24) is 19.9 Å². The molecule has 0 unspecified atom stereocenters. The Hall–Kier alpha value is -3.84. The molecule has 262 valence electrons. The van der Waals surface area contributed by atoms with E-state index in [1.165, 1.54) is 13.8 Å². The van der Waals surface area contributed by atoms with E-state index in [0.29, 0.717) is 0 Å². The topological polar surface area (TPSA) is 174 Å². The van der Waals surface area contributed by atoms with Gasteiger partial charge in [-0.05, 0) is 48.5 Å². The Morgan fingerprint density at radius 3 is 0.766 bits per heavy atom. The number of hydrogen-bond donors (Lipinski definition) is 2. The van der Waals surface area contributed by atoms with E-state index in [0.717, 1.165) is 36.6 Å². The van der Waals surface area contributed by atoms with Crippen LogP contribution in [0.2, 0.25) is 0 Å². The summed E-state index contributed by atoms with van der Waals surface area (Å²) >= 11 is -11.2. The van der Waals surface area contributed by atoms with Gasteiger partial charge in [0, 0.05) is 91.4 Å². The number of rotatable bonds is 2. The van der Waals surface area contributed by atoms with Crippen molar-refractivity contribution in [3.8, 4) is 34.9 Å². The summed E-state index contributed by atoms with van der Waals surface area (Å²) < 4.78 is 59.6. The van der Waals surface area contributed by atoms with Gasteiger partial charge in [-0.3, -0.25) is 29.5 Å². The SMILES string of the molecule is CC#N.CC#N.CC(=O)O.CC(=O)O.[F][Sb-]([F])([F])([F])([F])[F].[Rh].[Rh].c1ccc(-c2ccccn2)nc1.c1ccc(-c2ccccn2)nc1. The Bertz CT molecular complexity index is 1260. The molecule has 0 aliphatic carbocycles. The molecular formula is C28H30F6N6O4Rh2Sb-. The van der Waals surface area contributed by atoms with Crippen LogP contribution in [0.3, 0.4) is 0 Å². The minimum atomic E-state index is -11.2. The van der Waals surface area contributed by atoms with Crippen molar-refractivity contribution < 1.29 is 75.6 Å². The molecule has 0 spiro atoms. The number of halogens is 6. The molecule has 0 saturated carbocycles. The van der Waals surface area contributed by atoms with Crippen LogP contribution in [0.1, 0.15) is 27.7 Å². The van der Waals surface area contributed by atoms with Crippen molar-refractivity contribution in [2.24, 2.45) is 0 Å². The zero-order valence-electron chi connectivity index (χ0n) is 25.0. The van der Waals surface area contributed by atoms with E-state index in [1.54, 1.807) is 36.9 Å². The fraction of sp³-hybridized carbons (Fsp3) is 0.143. The first-order valence-electron chi connectivity index (χ1n) is 11.9. The maximum absolute atomic E-state index is 11.2. The maximum atomic E-state index is 9.93. The standard InChI is InChI=1S/2C10H8N2.2C2H3N.2C2H4O2.6FH.2Rh.Sb/c2*1-3-7-11-9(5-1)10-6-2-4-8-12-10;2*1-2-3;2*1-2(3)4;;;;;;;;;/h2*1-8H;2*1H3;2*1H3,(H,3,4);6*1H;;;/q;;;;;;;;;;;;;;+5/p-6. The predicted octanol–water partition coefficient (Wildman–Crippen LogP) is 7.66. The van der Waals surface area contributed by atoms with Crippen LogP contribution in [-0.2, 0) is 48.5 Å². The first-order valence-corrected chi connectivity index (χ1v) is 17.7. The molecule has 0 atom stereocenters. The predicted molar refractivity (Wildman–Crippen MR) is 157 cm³/mol. The quantitative estimate of drug-likeness (QED) is 0.150. The van der Waals surface area contributed by atoms with Gasteiger partial charge >= 0.3 is 36.4 Å². The molecule has 0 aliphatic heterocycles. The number of carbonyl (C=O) groups is 2. The fourth-order valence-corrected chi connectivity index (χ4v) is 2.06. The number of aliphatic carboxylic acids is 2. The van der Waals surface area contributed by atoms with Gasteiger partial charge in [-0.2, -0.15) is 10.5 Å². The molecule has 0 fully saturated rings. The summed E-state index contributed by atoms with van der Waals surface area (Å²) in [5, 5.41) is 29.5. The van der Waals surface area contributed by atoms with E-state index in [2.05, 4.69) is 19.9 Å². The summed E-state index contributed by atoms with van der Waals surface area (Å²) in [4.78, 5) is 34.7. The third kappa shape index (κ3) is 52.0. The van der Waals surface area contributed by atoms with Gasteiger partial charge < -0.3 is 10.2 Å². The summed E-state index contributed by atoms with van der Waals surface area (Å²) in [5.74, 6) is -1.67. The van der Waals surface area contributed by atoms with Gasteiger partial charge in [-0.15, -0.1) is 0 Å². The van der Waals surface area contributed by atoms with Gasteiger partial charge in [0.05, 0.1) is 34.9 Å². The third-order valence-corrected chi connectivity index (χ3v) is 3.18. The first kappa shape index (κ1) is 52.7. The largest absolute Gasteiger partial charge is 0.255 e. The summed E-state index contributed by atoms with van der Waals surface area (Å²) in [6.07, 6.45) is 7.07. The second-order valence-electron chi connectivity index (χ2n) is 7.30. The van der Waals surface area contributed by atoms with Crippen molar-refractivity contribution in [3.63, 3.8) is 0 Å². The van der Waals surface area contributed by atoms with Gasteiger partial charge in [0.25, 0.3) is 11.9 Å². The average molecular weight is 956 g/mol. The summed E-state index contributed by atoms with van der Waals surface area (Å²) in [6, 6.07) is 26.7. The van der Waals surface area contributed by atoms with Crippen molar-refractivity contribution in [2.75, 3.05) is 0 Å². The molecule has 0 aliphatic rings. The minimum absolute atomic E-state index is 0. The Balaban J connectivity index is -0.000000157. The Kier molecular flexibility index (Phi) is 30.6. The molecule has 4 aromatic rings. The maximum Gasteiger partial charge on any atom is 0.0886 e. The molecule has 4 heterocycles. The van der Waals surface area contributed by atoms with Crippen LogP contribution in [-0.4, -0.2) is 61.6 Å². The molecule has 0 saturated heterocycles. The molecule has 4 aromatic heterocycles. The van der Waals surface area contributed by atoms with Crippen LogP contribution in [0.4, 0.5) is 16.9 Å². The summed E-state index contributed by atoms with van der Waals surface area (Å²) in [5.41, 5.74) is 3.66. The zero-order valence-corrected chi connectivity index (χ0v) is 30.8. The Morgan fingerprint density at radius 1 is 0.553 bits per heavy atom. The monoisotopic (exact) mass is 955 g/mol. The van der Waals surface area contributed by atoms with Gasteiger partial charge in [0.1, 0.15) is 0 Å². The first-order chi connectivity index (χ1) is 20.7. The molecule has 2 N–H and O–H groups in total. The summed E-state index contributed by atoms with van der Waals surface area (Å²) in [7, 11) is 0. The van der Waals surface area contributed by atoms with E-state index in [-0.39, 0.29) is 39.0 Å². The molecule has 2 radical (unpaired) electrons. The number of aromatic nitrogens is 4. The van der Waals surface area contributed by atoms with Gasteiger partial charge in [0.2, 0.25) is 0 Å². The molecule has 0 aromatic carbocycles. The number of carboxylic acids is 2. The number of pyridine rings is 4. The van der Waals surface area contributed by atoms with Crippen LogP contribution in [0, 0.1) is 22.7 Å². The van der Waals surface area contributed by atoms with Crippen LogP contribution in [0.5, 0.6) is 0 Å². The second kappa shape index (κ2) is 27.3. The third-order valence-electron chi connectivity index (χ3n) is 3.18. The molecule has 47 heavy (non-hydrogen) atoms. The minimum Gasteiger partial charge on any atom is -0.255 e. The van der Waals surface area contributed by atoms with Gasteiger partial charge in [0.15, 0.2) is 0 Å². The molecule has 0 amide bonds. The number of carboxylic acid groups (broad SMARTS) is 2. The van der Waals surface area contributed by atoms with Crippen LogP contribution in [0.25, 0.3) is 22.8 Å². The number of nitrogens with zero attached hydrogens (tertiary/aromatic N) is 6. The number of hydrogen-bond acceptors (Lipinski definition) is 8. The molecule has 19 heteroatoms. The Morgan fingerprint density at radius 2 is 0.681 bits per heavy atom. The Labute approximate surface area is 296 Å². The smallest absolute Gasteiger partial charge is 0.0886 e. The fourth-order valence-electron chi connectivity index (χ4n) is 2.06. The van der Waals surface area contributed by atoms with E-state index in [9.17, 15) is 16.9 Å². The normalized spacial score (nSPS) is 9.79. The number of nitriles is 2. The summed E-state index contributed by atoms with van der Waals surface area (Å²) in [6.45, 7) is 5.03. The van der Waals surface area contributed by atoms with Crippen LogP contribution in [0.15, 0.2) is 97.6 Å².